The van der Waals surface area contributed by atoms with Gasteiger partial charge in [-0.3, -0.25) is 9.59 Å². The third kappa shape index (κ3) is 4.11. The second-order valence-corrected chi connectivity index (χ2v) is 12.7. The Bertz CT molecular complexity index is 766. The van der Waals surface area contributed by atoms with Crippen molar-refractivity contribution >= 4 is 11.8 Å². The van der Waals surface area contributed by atoms with Gasteiger partial charge in [-0.15, -0.1) is 0 Å². The van der Waals surface area contributed by atoms with Gasteiger partial charge in [-0.1, -0.05) is 59.5 Å². The van der Waals surface area contributed by atoms with Gasteiger partial charge in [-0.2, -0.15) is 0 Å². The molecule has 3 saturated carbocycles. The fourth-order valence-electron chi connectivity index (χ4n) is 8.92. The van der Waals surface area contributed by atoms with Crippen molar-refractivity contribution in [1.82, 2.24) is 0 Å². The molecular weight excluding hydrogens is 396 g/mol. The van der Waals surface area contributed by atoms with Crippen LogP contribution in [0.25, 0.3) is 0 Å². The zero-order valence-corrected chi connectivity index (χ0v) is 21.4. The van der Waals surface area contributed by atoms with Crippen LogP contribution in [0.15, 0.2) is 11.6 Å². The van der Waals surface area contributed by atoms with E-state index >= 15 is 0 Å². The Morgan fingerprint density at radius 3 is 2.53 bits per heavy atom. The summed E-state index contributed by atoms with van der Waals surface area (Å²) in [7, 11) is 0. The molecule has 0 amide bonds. The molecule has 0 saturated heterocycles. The SMILES string of the molecule is CC(=O)O[C@@H]1CC2(C)C(=CC1=O)CCC1C2CCC2(C)C1CCC2[C@H](C)CCCC(C)C. The zero-order chi connectivity index (χ0) is 23.3. The summed E-state index contributed by atoms with van der Waals surface area (Å²) >= 11 is 0. The molecule has 0 radical (unpaired) electrons. The molecule has 0 spiro atoms. The molecular formula is C29H46O3. The number of carbonyl (C=O) groups is 2. The van der Waals surface area contributed by atoms with Crippen molar-refractivity contribution in [2.24, 2.45) is 46.3 Å². The van der Waals surface area contributed by atoms with Crippen LogP contribution in [0, 0.1) is 46.3 Å². The number of fused-ring (bicyclic) bond motifs is 5. The van der Waals surface area contributed by atoms with Gasteiger partial charge in [0.25, 0.3) is 0 Å². The number of esters is 1. The molecule has 4 aliphatic rings. The first-order valence-electron chi connectivity index (χ1n) is 13.5. The van der Waals surface area contributed by atoms with E-state index in [0.29, 0.717) is 17.8 Å². The van der Waals surface area contributed by atoms with Gasteiger partial charge >= 0.3 is 5.97 Å². The number of rotatable bonds is 6. The van der Waals surface area contributed by atoms with Gasteiger partial charge in [-0.25, -0.2) is 0 Å². The lowest BCUT2D eigenvalue weighted by atomic mass is 9.46. The number of allylic oxidation sites excluding steroid dienone is 1. The van der Waals surface area contributed by atoms with E-state index in [1.807, 2.05) is 6.08 Å². The van der Waals surface area contributed by atoms with Crippen LogP contribution < -0.4 is 0 Å². The van der Waals surface area contributed by atoms with Crippen LogP contribution in [0.3, 0.4) is 0 Å². The molecule has 6 unspecified atom stereocenters. The Morgan fingerprint density at radius 2 is 1.84 bits per heavy atom. The predicted octanol–water partition coefficient (Wildman–Crippen LogP) is 7.14. The Balaban J connectivity index is 1.51. The van der Waals surface area contributed by atoms with E-state index in [-0.39, 0.29) is 17.2 Å². The molecule has 3 nitrogen and oxygen atoms in total. The summed E-state index contributed by atoms with van der Waals surface area (Å²) in [4.78, 5) is 24.2. The molecule has 180 valence electrons. The summed E-state index contributed by atoms with van der Waals surface area (Å²) in [6, 6.07) is 0. The topological polar surface area (TPSA) is 43.4 Å². The van der Waals surface area contributed by atoms with Gasteiger partial charge in [0.15, 0.2) is 11.9 Å². The lowest BCUT2D eigenvalue weighted by Gasteiger charge is -2.59. The minimum absolute atomic E-state index is 0.00271. The Labute approximate surface area is 196 Å². The number of ether oxygens (including phenoxy) is 1. The molecule has 0 heterocycles. The van der Waals surface area contributed by atoms with Crippen LogP contribution in [0.5, 0.6) is 0 Å². The Hall–Kier alpha value is -1.12. The van der Waals surface area contributed by atoms with Gasteiger partial charge in [0.2, 0.25) is 0 Å². The Morgan fingerprint density at radius 1 is 1.09 bits per heavy atom. The fraction of sp³-hybridized carbons (Fsp3) is 0.862. The van der Waals surface area contributed by atoms with E-state index in [9.17, 15) is 9.59 Å². The number of hydrogen-bond donors (Lipinski definition) is 0. The average Bonchev–Trinajstić information content (AvgIpc) is 3.05. The minimum Gasteiger partial charge on any atom is -0.454 e. The molecule has 4 aliphatic carbocycles. The first kappa shape index (κ1) is 24.0. The molecule has 0 aromatic rings. The van der Waals surface area contributed by atoms with E-state index in [2.05, 4.69) is 34.6 Å². The maximum atomic E-state index is 12.6. The predicted molar refractivity (Wildman–Crippen MR) is 129 cm³/mol. The molecule has 4 rings (SSSR count). The Kier molecular flexibility index (Phi) is 6.69. The minimum atomic E-state index is -0.578. The molecule has 0 aliphatic heterocycles. The molecule has 0 N–H and O–H groups in total. The van der Waals surface area contributed by atoms with Crippen LogP contribution >= 0.6 is 0 Å². The van der Waals surface area contributed by atoms with Crippen molar-refractivity contribution in [2.45, 2.75) is 112 Å². The van der Waals surface area contributed by atoms with E-state index in [0.717, 1.165) is 36.0 Å². The molecule has 8 atom stereocenters. The monoisotopic (exact) mass is 442 g/mol. The van der Waals surface area contributed by atoms with Gasteiger partial charge in [-0.05, 0) is 90.9 Å². The molecule has 3 heteroatoms. The van der Waals surface area contributed by atoms with Crippen molar-refractivity contribution in [3.8, 4) is 0 Å². The highest BCUT2D eigenvalue weighted by Gasteiger charge is 2.60. The molecule has 0 bridgehead atoms. The maximum Gasteiger partial charge on any atom is 0.303 e. The molecule has 0 aromatic carbocycles. The lowest BCUT2D eigenvalue weighted by molar-refractivity contribution is -0.156. The van der Waals surface area contributed by atoms with Crippen molar-refractivity contribution < 1.29 is 14.3 Å². The smallest absolute Gasteiger partial charge is 0.303 e. The maximum absolute atomic E-state index is 12.6. The van der Waals surface area contributed by atoms with Crippen LogP contribution in [0.2, 0.25) is 0 Å². The van der Waals surface area contributed by atoms with E-state index in [1.54, 1.807) is 0 Å². The van der Waals surface area contributed by atoms with Crippen molar-refractivity contribution in [1.29, 1.82) is 0 Å². The summed E-state index contributed by atoms with van der Waals surface area (Å²) in [5, 5.41) is 0. The molecule has 0 aromatic heterocycles. The summed E-state index contributed by atoms with van der Waals surface area (Å²) in [6.07, 6.45) is 13.8. The van der Waals surface area contributed by atoms with Crippen molar-refractivity contribution in [3.63, 3.8) is 0 Å². The molecule has 3 fully saturated rings. The first-order chi connectivity index (χ1) is 15.1. The summed E-state index contributed by atoms with van der Waals surface area (Å²) < 4.78 is 5.47. The largest absolute Gasteiger partial charge is 0.454 e. The third-order valence-electron chi connectivity index (χ3n) is 10.5. The van der Waals surface area contributed by atoms with Gasteiger partial charge < -0.3 is 4.74 Å². The highest BCUT2D eigenvalue weighted by Crippen LogP contribution is 2.67. The number of hydrogen-bond acceptors (Lipinski definition) is 3. The summed E-state index contributed by atoms with van der Waals surface area (Å²) in [5.41, 5.74) is 1.84. The van der Waals surface area contributed by atoms with E-state index in [1.165, 1.54) is 63.9 Å². The van der Waals surface area contributed by atoms with E-state index < -0.39 is 6.10 Å². The summed E-state index contributed by atoms with van der Waals surface area (Å²) in [5.74, 6) is 4.38. The highest BCUT2D eigenvalue weighted by atomic mass is 16.5. The normalized spacial score (nSPS) is 42.0. The number of ketones is 1. The second-order valence-electron chi connectivity index (χ2n) is 12.7. The quantitative estimate of drug-likeness (QED) is 0.411. The van der Waals surface area contributed by atoms with Gasteiger partial charge in [0, 0.05) is 13.3 Å². The van der Waals surface area contributed by atoms with E-state index in [4.69, 9.17) is 4.74 Å². The lowest BCUT2D eigenvalue weighted by Crippen LogP contribution is -2.53. The van der Waals surface area contributed by atoms with Crippen molar-refractivity contribution in [2.75, 3.05) is 0 Å². The van der Waals surface area contributed by atoms with Crippen LogP contribution in [-0.2, 0) is 14.3 Å². The average molecular weight is 443 g/mol. The second kappa shape index (κ2) is 8.91. The fourth-order valence-corrected chi connectivity index (χ4v) is 8.92. The van der Waals surface area contributed by atoms with Gasteiger partial charge in [0.1, 0.15) is 0 Å². The standard InChI is InChI=1S/C29H46O3/c1-18(2)8-7-9-19(3)23-12-13-24-22-11-10-21-16-26(31)27(32-20(4)30)17-29(21,6)25(22)14-15-28(23,24)5/h16,18-19,22-25,27H,7-15,17H2,1-6H3/t19-,22?,23?,24?,25?,27-,28?,29?/m1/s1. The summed E-state index contributed by atoms with van der Waals surface area (Å²) in [6.45, 7) is 13.6. The van der Waals surface area contributed by atoms with Crippen LogP contribution in [0.4, 0.5) is 0 Å². The highest BCUT2D eigenvalue weighted by molar-refractivity contribution is 5.96. The van der Waals surface area contributed by atoms with Gasteiger partial charge in [0.05, 0.1) is 0 Å². The van der Waals surface area contributed by atoms with Crippen LogP contribution in [-0.4, -0.2) is 17.9 Å². The third-order valence-corrected chi connectivity index (χ3v) is 10.5. The van der Waals surface area contributed by atoms with Crippen LogP contribution in [0.1, 0.15) is 106 Å². The zero-order valence-electron chi connectivity index (χ0n) is 21.4. The first-order valence-corrected chi connectivity index (χ1v) is 13.5. The molecule has 32 heavy (non-hydrogen) atoms. The van der Waals surface area contributed by atoms with Crippen molar-refractivity contribution in [3.05, 3.63) is 11.6 Å². The number of carbonyl (C=O) groups excluding carboxylic acids is 2.